The van der Waals surface area contributed by atoms with Crippen LogP contribution in [0.2, 0.25) is 5.02 Å². The highest BCUT2D eigenvalue weighted by atomic mass is 35.5. The number of rotatable bonds is 4. The van der Waals surface area contributed by atoms with E-state index in [9.17, 15) is 13.2 Å². The van der Waals surface area contributed by atoms with E-state index in [0.717, 1.165) is 6.07 Å². The average Bonchev–Trinajstić information content (AvgIpc) is 2.41. The Hall–Kier alpha value is -1.95. The van der Waals surface area contributed by atoms with Gasteiger partial charge in [-0.2, -0.15) is 13.2 Å². The molecule has 0 aliphatic heterocycles. The highest BCUT2D eigenvalue weighted by Crippen LogP contribution is 2.34. The number of nitrogens with zero attached hydrogens (tertiary/aromatic N) is 1. The first-order valence-corrected chi connectivity index (χ1v) is 6.64. The molecule has 1 radical (unpaired) electrons. The van der Waals surface area contributed by atoms with Crippen LogP contribution in [-0.2, 0) is 6.18 Å². The number of alkyl halides is 3. The van der Waals surface area contributed by atoms with E-state index in [1.807, 2.05) is 0 Å². The largest absolute Gasteiger partial charge is 0.491 e. The van der Waals surface area contributed by atoms with Gasteiger partial charge in [-0.1, -0.05) is 11.6 Å². The van der Waals surface area contributed by atoms with Crippen LogP contribution < -0.4 is 9.47 Å². The number of pyridine rings is 1. The molecule has 7 heteroatoms. The summed E-state index contributed by atoms with van der Waals surface area (Å²) in [5.74, 6) is 0.869. The average molecular weight is 331 g/mol. The molecule has 0 fully saturated rings. The van der Waals surface area contributed by atoms with Crippen molar-refractivity contribution in [1.29, 1.82) is 0 Å². The van der Waals surface area contributed by atoms with Crippen LogP contribution in [0, 0.1) is 6.92 Å². The Morgan fingerprint density at radius 2 is 1.77 bits per heavy atom. The van der Waals surface area contributed by atoms with E-state index >= 15 is 0 Å². The Morgan fingerprint density at radius 1 is 1.18 bits per heavy atom. The van der Waals surface area contributed by atoms with Gasteiger partial charge in [0.05, 0.1) is 11.7 Å². The molecule has 0 saturated carbocycles. The third-order valence-corrected chi connectivity index (χ3v) is 2.78. The highest BCUT2D eigenvalue weighted by Gasteiger charge is 2.31. The minimum atomic E-state index is -4.50. The van der Waals surface area contributed by atoms with Crippen molar-refractivity contribution in [1.82, 2.24) is 4.98 Å². The Morgan fingerprint density at radius 3 is 2.27 bits per heavy atom. The topological polar surface area (TPSA) is 31.4 Å². The molecule has 1 aromatic carbocycles. The van der Waals surface area contributed by atoms with Crippen molar-refractivity contribution in [3.8, 4) is 17.4 Å². The standard InChI is InChI=1S/C15H12ClF3NO2/c1-9(2)21-11-3-5-12(6-4-11)22-14-13(16)7-10(8-20-14)15(17,18)19/h3-9H,1H2,2H3. The second-order valence-electron chi connectivity index (χ2n) is 4.51. The van der Waals surface area contributed by atoms with Crippen LogP contribution in [0.25, 0.3) is 0 Å². The molecule has 1 atom stereocenters. The molecule has 0 bridgehead atoms. The predicted molar refractivity (Wildman–Crippen MR) is 76.2 cm³/mol. The van der Waals surface area contributed by atoms with Crippen molar-refractivity contribution in [2.75, 3.05) is 0 Å². The maximum atomic E-state index is 12.5. The molecular formula is C15H12ClF3NO2. The number of aromatic nitrogens is 1. The van der Waals surface area contributed by atoms with E-state index < -0.39 is 11.7 Å². The molecule has 0 spiro atoms. The second-order valence-corrected chi connectivity index (χ2v) is 4.92. The predicted octanol–water partition coefficient (Wildman–Crippen LogP) is 5.15. The van der Waals surface area contributed by atoms with Gasteiger partial charge in [0.15, 0.2) is 0 Å². The lowest BCUT2D eigenvalue weighted by molar-refractivity contribution is -0.137. The summed E-state index contributed by atoms with van der Waals surface area (Å²) in [5.41, 5.74) is -0.932. The molecule has 3 nitrogen and oxygen atoms in total. The molecule has 117 valence electrons. The zero-order valence-electron chi connectivity index (χ0n) is 11.5. The van der Waals surface area contributed by atoms with Gasteiger partial charge in [0, 0.05) is 6.20 Å². The Balaban J connectivity index is 2.14. The van der Waals surface area contributed by atoms with Crippen molar-refractivity contribution in [2.45, 2.75) is 19.2 Å². The highest BCUT2D eigenvalue weighted by molar-refractivity contribution is 6.31. The molecule has 22 heavy (non-hydrogen) atoms. The summed E-state index contributed by atoms with van der Waals surface area (Å²) >= 11 is 5.77. The monoisotopic (exact) mass is 330 g/mol. The molecule has 2 aromatic rings. The summed E-state index contributed by atoms with van der Waals surface area (Å²) in [6.07, 6.45) is -4.04. The lowest BCUT2D eigenvalue weighted by atomic mass is 10.3. The van der Waals surface area contributed by atoms with E-state index in [4.69, 9.17) is 21.1 Å². The summed E-state index contributed by atoms with van der Waals surface area (Å²) in [5, 5.41) is -0.221. The SMILES string of the molecule is [CH2]C(C)Oc1ccc(Oc2ncc(C(F)(F)F)cc2Cl)cc1. The molecule has 2 rings (SSSR count). The molecule has 0 N–H and O–H groups in total. The van der Waals surface area contributed by atoms with Gasteiger partial charge in [0.25, 0.3) is 0 Å². The van der Waals surface area contributed by atoms with E-state index in [-0.39, 0.29) is 17.0 Å². The van der Waals surface area contributed by atoms with E-state index in [2.05, 4.69) is 11.9 Å². The first kappa shape index (κ1) is 16.4. The fourth-order valence-corrected chi connectivity index (χ4v) is 1.79. The summed E-state index contributed by atoms with van der Waals surface area (Å²) in [7, 11) is 0. The third-order valence-electron chi connectivity index (χ3n) is 2.51. The number of benzene rings is 1. The first-order valence-electron chi connectivity index (χ1n) is 6.26. The van der Waals surface area contributed by atoms with Gasteiger partial charge < -0.3 is 9.47 Å². The maximum absolute atomic E-state index is 12.5. The molecule has 1 aromatic heterocycles. The van der Waals surface area contributed by atoms with Crippen molar-refractivity contribution in [3.63, 3.8) is 0 Å². The number of hydrogen-bond acceptors (Lipinski definition) is 3. The lowest BCUT2D eigenvalue weighted by Gasteiger charge is -2.11. The van der Waals surface area contributed by atoms with E-state index in [1.165, 1.54) is 0 Å². The molecule has 1 unspecified atom stereocenters. The van der Waals surface area contributed by atoms with Gasteiger partial charge in [0.1, 0.15) is 16.5 Å². The van der Waals surface area contributed by atoms with Crippen LogP contribution in [0.3, 0.4) is 0 Å². The van der Waals surface area contributed by atoms with Crippen LogP contribution in [0.5, 0.6) is 17.4 Å². The van der Waals surface area contributed by atoms with Gasteiger partial charge in [-0.3, -0.25) is 0 Å². The number of hydrogen-bond donors (Lipinski definition) is 0. The normalized spacial score (nSPS) is 11.6. The molecule has 0 aliphatic rings. The fourth-order valence-electron chi connectivity index (χ4n) is 1.59. The smallest absolute Gasteiger partial charge is 0.417 e. The minimum Gasteiger partial charge on any atom is -0.491 e. The van der Waals surface area contributed by atoms with Crippen LogP contribution in [-0.4, -0.2) is 11.1 Å². The van der Waals surface area contributed by atoms with Crippen LogP contribution in [0.15, 0.2) is 36.5 Å². The van der Waals surface area contributed by atoms with Gasteiger partial charge >= 0.3 is 6.18 Å². The number of ether oxygens (including phenoxy) is 2. The van der Waals surface area contributed by atoms with Gasteiger partial charge in [0.2, 0.25) is 5.88 Å². The van der Waals surface area contributed by atoms with Crippen LogP contribution >= 0.6 is 11.6 Å². The Labute approximate surface area is 130 Å². The van der Waals surface area contributed by atoms with Crippen molar-refractivity contribution < 1.29 is 22.6 Å². The van der Waals surface area contributed by atoms with Crippen LogP contribution in [0.4, 0.5) is 13.2 Å². The zero-order chi connectivity index (χ0) is 16.3. The van der Waals surface area contributed by atoms with E-state index in [1.54, 1.807) is 31.2 Å². The summed E-state index contributed by atoms with van der Waals surface area (Å²) in [4.78, 5) is 3.60. The zero-order valence-corrected chi connectivity index (χ0v) is 12.3. The van der Waals surface area contributed by atoms with Gasteiger partial charge in [-0.05, 0) is 44.2 Å². The fraction of sp³-hybridized carbons (Fsp3) is 0.200. The summed E-state index contributed by atoms with van der Waals surface area (Å²) < 4.78 is 48.3. The van der Waals surface area contributed by atoms with Crippen molar-refractivity contribution >= 4 is 11.6 Å². The molecule has 1 heterocycles. The Kier molecular flexibility index (Phi) is 4.81. The first-order chi connectivity index (χ1) is 10.3. The quantitative estimate of drug-likeness (QED) is 0.777. The number of halogens is 4. The van der Waals surface area contributed by atoms with Gasteiger partial charge in [-0.25, -0.2) is 4.98 Å². The molecule has 0 saturated heterocycles. The molecule has 0 aliphatic carbocycles. The van der Waals surface area contributed by atoms with Gasteiger partial charge in [-0.15, -0.1) is 0 Å². The van der Waals surface area contributed by atoms with E-state index in [0.29, 0.717) is 17.7 Å². The minimum absolute atomic E-state index is 0.103. The second kappa shape index (κ2) is 6.44. The molecule has 0 amide bonds. The van der Waals surface area contributed by atoms with Crippen molar-refractivity contribution in [3.05, 3.63) is 54.0 Å². The molecular weight excluding hydrogens is 319 g/mol. The van der Waals surface area contributed by atoms with Crippen molar-refractivity contribution in [2.24, 2.45) is 0 Å². The summed E-state index contributed by atoms with van der Waals surface area (Å²) in [6, 6.07) is 7.25. The Bertz CT molecular complexity index is 642. The maximum Gasteiger partial charge on any atom is 0.417 e. The van der Waals surface area contributed by atoms with Crippen LogP contribution in [0.1, 0.15) is 12.5 Å². The summed E-state index contributed by atoms with van der Waals surface area (Å²) in [6.45, 7) is 5.48. The lowest BCUT2D eigenvalue weighted by Crippen LogP contribution is -2.06. The third kappa shape index (κ3) is 4.27.